The van der Waals surface area contributed by atoms with Gasteiger partial charge < -0.3 is 5.32 Å². The van der Waals surface area contributed by atoms with Crippen LogP contribution in [-0.2, 0) is 6.54 Å². The van der Waals surface area contributed by atoms with Crippen molar-refractivity contribution in [2.24, 2.45) is 0 Å². The molecule has 1 heterocycles. The monoisotopic (exact) mass is 232 g/mol. The van der Waals surface area contributed by atoms with Crippen LogP contribution >= 0.6 is 0 Å². The quantitative estimate of drug-likeness (QED) is 0.759. The number of hydrogen-bond donors (Lipinski definition) is 1. The third kappa shape index (κ3) is 3.83. The molecule has 2 heteroatoms. The maximum Gasteiger partial charge on any atom is 0.0237 e. The maximum absolute atomic E-state index is 3.55. The fraction of sp³-hybridized carbons (Fsp3) is 0.600. The Morgan fingerprint density at radius 2 is 2.12 bits per heavy atom. The standard InChI is InChI=1S/C15H24N2/c1-2-10-16-12-15-9-6-11-17(15)13-14-7-4-3-5-8-14/h3-5,7-8,15-16H,2,6,9-13H2,1H3. The van der Waals surface area contributed by atoms with Crippen LogP contribution in [0, 0.1) is 0 Å². The van der Waals surface area contributed by atoms with Gasteiger partial charge in [0.25, 0.3) is 0 Å². The van der Waals surface area contributed by atoms with Crippen LogP contribution in [-0.4, -0.2) is 30.6 Å². The molecule has 0 aliphatic carbocycles. The fourth-order valence-corrected chi connectivity index (χ4v) is 2.60. The average Bonchev–Trinajstić information content (AvgIpc) is 2.79. The zero-order valence-electron chi connectivity index (χ0n) is 10.9. The van der Waals surface area contributed by atoms with E-state index in [1.54, 1.807) is 0 Å². The summed E-state index contributed by atoms with van der Waals surface area (Å²) in [6, 6.07) is 11.6. The van der Waals surface area contributed by atoms with Gasteiger partial charge in [-0.25, -0.2) is 0 Å². The van der Waals surface area contributed by atoms with Gasteiger partial charge in [-0.1, -0.05) is 37.3 Å². The molecule has 0 aromatic heterocycles. The molecule has 1 aliphatic heterocycles. The lowest BCUT2D eigenvalue weighted by atomic mass is 10.2. The Hall–Kier alpha value is -0.860. The molecule has 1 aromatic carbocycles. The first-order valence-electron chi connectivity index (χ1n) is 6.89. The first-order valence-corrected chi connectivity index (χ1v) is 6.89. The minimum Gasteiger partial charge on any atom is -0.315 e. The summed E-state index contributed by atoms with van der Waals surface area (Å²) in [5, 5.41) is 3.55. The SMILES string of the molecule is CCCNCC1CCCN1Cc1ccccc1. The molecule has 1 N–H and O–H groups in total. The normalized spacial score (nSPS) is 20.9. The highest BCUT2D eigenvalue weighted by atomic mass is 15.2. The number of rotatable bonds is 6. The third-order valence-corrected chi connectivity index (χ3v) is 3.53. The minimum absolute atomic E-state index is 0.738. The molecule has 0 amide bonds. The molecule has 1 aliphatic rings. The maximum atomic E-state index is 3.55. The van der Waals surface area contributed by atoms with Crippen molar-refractivity contribution in [3.63, 3.8) is 0 Å². The van der Waals surface area contributed by atoms with E-state index in [-0.39, 0.29) is 0 Å². The second-order valence-electron chi connectivity index (χ2n) is 4.96. The van der Waals surface area contributed by atoms with E-state index in [0.717, 1.165) is 25.7 Å². The molecule has 0 spiro atoms. The Bertz CT molecular complexity index is 310. The van der Waals surface area contributed by atoms with E-state index in [4.69, 9.17) is 0 Å². The Morgan fingerprint density at radius 3 is 2.88 bits per heavy atom. The summed E-state index contributed by atoms with van der Waals surface area (Å²) < 4.78 is 0. The van der Waals surface area contributed by atoms with Crippen molar-refractivity contribution in [2.75, 3.05) is 19.6 Å². The van der Waals surface area contributed by atoms with Crippen LogP contribution in [0.5, 0.6) is 0 Å². The highest BCUT2D eigenvalue weighted by Gasteiger charge is 2.23. The lowest BCUT2D eigenvalue weighted by Crippen LogP contribution is -2.37. The largest absolute Gasteiger partial charge is 0.315 e. The number of hydrogen-bond acceptors (Lipinski definition) is 2. The molecule has 1 fully saturated rings. The minimum atomic E-state index is 0.738. The second-order valence-corrected chi connectivity index (χ2v) is 4.96. The molecule has 94 valence electrons. The number of likely N-dealkylation sites (tertiary alicyclic amines) is 1. The van der Waals surface area contributed by atoms with E-state index in [2.05, 4.69) is 47.5 Å². The van der Waals surface area contributed by atoms with Gasteiger partial charge in [0.2, 0.25) is 0 Å². The van der Waals surface area contributed by atoms with Gasteiger partial charge in [0.1, 0.15) is 0 Å². The summed E-state index contributed by atoms with van der Waals surface area (Å²) in [4.78, 5) is 2.62. The van der Waals surface area contributed by atoms with Crippen molar-refractivity contribution in [3.8, 4) is 0 Å². The third-order valence-electron chi connectivity index (χ3n) is 3.53. The van der Waals surface area contributed by atoms with E-state index in [9.17, 15) is 0 Å². The summed E-state index contributed by atoms with van der Waals surface area (Å²) in [5.74, 6) is 0. The molecule has 0 bridgehead atoms. The molecule has 2 rings (SSSR count). The van der Waals surface area contributed by atoms with E-state index in [0.29, 0.717) is 0 Å². The highest BCUT2D eigenvalue weighted by Crippen LogP contribution is 2.19. The van der Waals surface area contributed by atoms with Crippen LogP contribution in [0.2, 0.25) is 0 Å². The van der Waals surface area contributed by atoms with Crippen molar-refractivity contribution >= 4 is 0 Å². The summed E-state index contributed by atoms with van der Waals surface area (Å²) in [6.45, 7) is 6.90. The zero-order valence-corrected chi connectivity index (χ0v) is 10.9. The summed E-state index contributed by atoms with van der Waals surface area (Å²) in [7, 11) is 0. The average molecular weight is 232 g/mol. The predicted octanol–water partition coefficient (Wildman–Crippen LogP) is 2.65. The lowest BCUT2D eigenvalue weighted by Gasteiger charge is -2.24. The van der Waals surface area contributed by atoms with Gasteiger partial charge in [-0.05, 0) is 37.9 Å². The molecular formula is C15H24N2. The van der Waals surface area contributed by atoms with Gasteiger partial charge in [0.15, 0.2) is 0 Å². The number of nitrogens with one attached hydrogen (secondary N) is 1. The molecule has 1 aromatic rings. The highest BCUT2D eigenvalue weighted by molar-refractivity contribution is 5.14. The van der Waals surface area contributed by atoms with Crippen molar-refractivity contribution < 1.29 is 0 Å². The smallest absolute Gasteiger partial charge is 0.0237 e. The van der Waals surface area contributed by atoms with E-state index >= 15 is 0 Å². The Kier molecular flexibility index (Phi) is 5.02. The molecule has 2 nitrogen and oxygen atoms in total. The first kappa shape index (κ1) is 12.6. The molecule has 17 heavy (non-hydrogen) atoms. The Labute approximate surface area is 105 Å². The topological polar surface area (TPSA) is 15.3 Å². The first-order chi connectivity index (χ1) is 8.40. The Morgan fingerprint density at radius 1 is 1.29 bits per heavy atom. The second kappa shape index (κ2) is 6.77. The van der Waals surface area contributed by atoms with Crippen molar-refractivity contribution in [1.29, 1.82) is 0 Å². The predicted molar refractivity (Wildman–Crippen MR) is 73.0 cm³/mol. The van der Waals surface area contributed by atoms with Crippen molar-refractivity contribution in [3.05, 3.63) is 35.9 Å². The molecular weight excluding hydrogens is 208 g/mol. The van der Waals surface area contributed by atoms with Crippen LogP contribution in [0.3, 0.4) is 0 Å². The van der Waals surface area contributed by atoms with Gasteiger partial charge in [-0.15, -0.1) is 0 Å². The molecule has 1 saturated heterocycles. The molecule has 1 atom stereocenters. The van der Waals surface area contributed by atoms with Crippen LogP contribution in [0.15, 0.2) is 30.3 Å². The number of nitrogens with zero attached hydrogens (tertiary/aromatic N) is 1. The van der Waals surface area contributed by atoms with Crippen LogP contribution in [0.1, 0.15) is 31.7 Å². The Balaban J connectivity index is 1.82. The van der Waals surface area contributed by atoms with E-state index in [1.165, 1.54) is 31.4 Å². The van der Waals surface area contributed by atoms with Gasteiger partial charge in [-0.2, -0.15) is 0 Å². The summed E-state index contributed by atoms with van der Waals surface area (Å²) >= 11 is 0. The fourth-order valence-electron chi connectivity index (χ4n) is 2.60. The van der Waals surface area contributed by atoms with Gasteiger partial charge in [0.05, 0.1) is 0 Å². The number of benzene rings is 1. The van der Waals surface area contributed by atoms with Gasteiger partial charge >= 0.3 is 0 Å². The van der Waals surface area contributed by atoms with E-state index < -0.39 is 0 Å². The van der Waals surface area contributed by atoms with Crippen molar-refractivity contribution in [2.45, 2.75) is 38.8 Å². The van der Waals surface area contributed by atoms with Crippen LogP contribution in [0.25, 0.3) is 0 Å². The van der Waals surface area contributed by atoms with Gasteiger partial charge in [-0.3, -0.25) is 4.90 Å². The van der Waals surface area contributed by atoms with E-state index in [1.807, 2.05) is 0 Å². The van der Waals surface area contributed by atoms with Crippen LogP contribution < -0.4 is 5.32 Å². The molecule has 0 saturated carbocycles. The summed E-state index contributed by atoms with van der Waals surface area (Å²) in [6.07, 6.45) is 3.93. The van der Waals surface area contributed by atoms with Crippen LogP contribution in [0.4, 0.5) is 0 Å². The summed E-state index contributed by atoms with van der Waals surface area (Å²) in [5.41, 5.74) is 1.44. The molecule has 0 radical (unpaired) electrons. The van der Waals surface area contributed by atoms with Crippen molar-refractivity contribution in [1.82, 2.24) is 10.2 Å². The van der Waals surface area contributed by atoms with Gasteiger partial charge in [0, 0.05) is 19.1 Å². The zero-order chi connectivity index (χ0) is 11.9. The molecule has 1 unspecified atom stereocenters. The lowest BCUT2D eigenvalue weighted by molar-refractivity contribution is 0.239.